The molecule has 0 radical (unpaired) electrons. The van der Waals surface area contributed by atoms with Crippen LogP contribution in [0.1, 0.15) is 25.5 Å². The second kappa shape index (κ2) is 5.92. The summed E-state index contributed by atoms with van der Waals surface area (Å²) in [6, 6.07) is 3.51. The van der Waals surface area contributed by atoms with Gasteiger partial charge < -0.3 is 4.84 Å². The van der Waals surface area contributed by atoms with E-state index in [1.165, 1.54) is 0 Å². The van der Waals surface area contributed by atoms with Crippen LogP contribution in [0.2, 0.25) is 15.1 Å². The molecule has 2 nitrogen and oxygen atoms in total. The minimum Gasteiger partial charge on any atom is -0.302 e. The molecule has 0 heterocycles. The number of hydroxylamine groups is 1. The van der Waals surface area contributed by atoms with Crippen molar-refractivity contribution >= 4 is 34.8 Å². The highest BCUT2D eigenvalue weighted by Crippen LogP contribution is 2.35. The van der Waals surface area contributed by atoms with Gasteiger partial charge >= 0.3 is 0 Å². The van der Waals surface area contributed by atoms with Crippen LogP contribution in [0, 0.1) is 0 Å². The van der Waals surface area contributed by atoms with Crippen molar-refractivity contribution in [1.29, 1.82) is 0 Å². The average molecular weight is 269 g/mol. The van der Waals surface area contributed by atoms with E-state index in [4.69, 9.17) is 39.6 Å². The Balaban J connectivity index is 2.90. The molecule has 1 rings (SSSR count). The molecule has 1 N–H and O–H groups in total. The molecule has 1 unspecified atom stereocenters. The van der Waals surface area contributed by atoms with Crippen LogP contribution in [-0.2, 0) is 4.84 Å². The first-order chi connectivity index (χ1) is 7.07. The summed E-state index contributed by atoms with van der Waals surface area (Å²) in [7, 11) is 0. The minimum absolute atomic E-state index is 0.0350. The van der Waals surface area contributed by atoms with Crippen molar-refractivity contribution in [1.82, 2.24) is 5.48 Å². The first-order valence-corrected chi connectivity index (χ1v) is 5.72. The Hall–Kier alpha value is 0.01000. The summed E-state index contributed by atoms with van der Waals surface area (Å²) >= 11 is 17.8. The maximum Gasteiger partial charge on any atom is 0.0781 e. The summed E-state index contributed by atoms with van der Waals surface area (Å²) in [5, 5.41) is 1.29. The molecule has 0 aliphatic heterocycles. The third-order valence-corrected chi connectivity index (χ3v) is 3.24. The average Bonchev–Trinajstić information content (AvgIpc) is 2.23. The summed E-state index contributed by atoms with van der Waals surface area (Å²) < 4.78 is 0. The van der Waals surface area contributed by atoms with Gasteiger partial charge in [-0.1, -0.05) is 40.9 Å². The molecule has 0 spiro atoms. The van der Waals surface area contributed by atoms with E-state index in [0.717, 1.165) is 5.56 Å². The fourth-order valence-electron chi connectivity index (χ4n) is 1.15. The van der Waals surface area contributed by atoms with Crippen molar-refractivity contribution in [3.05, 3.63) is 32.8 Å². The first-order valence-electron chi connectivity index (χ1n) is 4.58. The van der Waals surface area contributed by atoms with Crippen LogP contribution in [0.3, 0.4) is 0 Å². The highest BCUT2D eigenvalue weighted by Gasteiger charge is 2.13. The summed E-state index contributed by atoms with van der Waals surface area (Å²) in [4.78, 5) is 5.09. The molecule has 0 aromatic heterocycles. The third-order valence-electron chi connectivity index (χ3n) is 1.94. The van der Waals surface area contributed by atoms with E-state index >= 15 is 0 Å². The number of hydrogen-bond donors (Lipinski definition) is 1. The zero-order chi connectivity index (χ0) is 11.4. The topological polar surface area (TPSA) is 21.3 Å². The van der Waals surface area contributed by atoms with Gasteiger partial charge in [-0.3, -0.25) is 0 Å². The number of hydrogen-bond acceptors (Lipinski definition) is 2. The van der Waals surface area contributed by atoms with Crippen LogP contribution in [0.4, 0.5) is 0 Å². The predicted octanol–water partition coefficient (Wildman–Crippen LogP) is 4.25. The lowest BCUT2D eigenvalue weighted by molar-refractivity contribution is 0.0285. The van der Waals surface area contributed by atoms with Crippen LogP contribution in [0.25, 0.3) is 0 Å². The van der Waals surface area contributed by atoms with E-state index in [9.17, 15) is 0 Å². The smallest absolute Gasteiger partial charge is 0.0781 e. The van der Waals surface area contributed by atoms with Gasteiger partial charge in [0, 0.05) is 0 Å². The number of halogens is 3. The zero-order valence-corrected chi connectivity index (χ0v) is 10.7. The molecular weight excluding hydrogens is 256 g/mol. The van der Waals surface area contributed by atoms with E-state index in [0.29, 0.717) is 21.7 Å². The zero-order valence-electron chi connectivity index (χ0n) is 8.48. The van der Waals surface area contributed by atoms with Crippen molar-refractivity contribution in [2.45, 2.75) is 19.9 Å². The lowest BCUT2D eigenvalue weighted by atomic mass is 10.1. The highest BCUT2D eigenvalue weighted by atomic mass is 35.5. The Kier molecular flexibility index (Phi) is 5.16. The highest BCUT2D eigenvalue weighted by molar-refractivity contribution is 6.48. The molecule has 0 amide bonds. The maximum absolute atomic E-state index is 6.06. The van der Waals surface area contributed by atoms with E-state index in [1.807, 2.05) is 19.9 Å². The van der Waals surface area contributed by atoms with Gasteiger partial charge in [0.15, 0.2) is 0 Å². The van der Waals surface area contributed by atoms with E-state index in [2.05, 4.69) is 5.48 Å². The number of rotatable bonds is 4. The summed E-state index contributed by atoms with van der Waals surface area (Å²) in [5.41, 5.74) is 3.71. The fourth-order valence-corrected chi connectivity index (χ4v) is 1.85. The van der Waals surface area contributed by atoms with E-state index in [1.54, 1.807) is 6.07 Å². The lowest BCUT2D eigenvalue weighted by Gasteiger charge is -2.15. The van der Waals surface area contributed by atoms with Gasteiger partial charge in [-0.05, 0) is 25.5 Å². The van der Waals surface area contributed by atoms with Crippen LogP contribution in [-0.4, -0.2) is 6.61 Å². The molecule has 0 saturated heterocycles. The minimum atomic E-state index is -0.0350. The van der Waals surface area contributed by atoms with Gasteiger partial charge in [-0.2, -0.15) is 5.48 Å². The molecule has 1 aromatic rings. The quantitative estimate of drug-likeness (QED) is 0.651. The van der Waals surface area contributed by atoms with Crippen LogP contribution < -0.4 is 5.48 Å². The second-order valence-corrected chi connectivity index (χ2v) is 4.20. The first kappa shape index (κ1) is 13.1. The van der Waals surface area contributed by atoms with Crippen LogP contribution in [0.15, 0.2) is 12.1 Å². The Morgan fingerprint density at radius 3 is 2.53 bits per heavy atom. The fraction of sp³-hybridized carbons (Fsp3) is 0.400. The van der Waals surface area contributed by atoms with Gasteiger partial charge in [-0.25, -0.2) is 0 Å². The lowest BCUT2D eigenvalue weighted by Crippen LogP contribution is -2.19. The molecule has 0 bridgehead atoms. The maximum atomic E-state index is 6.06. The Morgan fingerprint density at radius 1 is 1.27 bits per heavy atom. The van der Waals surface area contributed by atoms with E-state index in [-0.39, 0.29) is 6.04 Å². The molecule has 15 heavy (non-hydrogen) atoms. The van der Waals surface area contributed by atoms with Crippen LogP contribution >= 0.6 is 34.8 Å². The van der Waals surface area contributed by atoms with Gasteiger partial charge in [0.05, 0.1) is 27.7 Å². The summed E-state index contributed by atoms with van der Waals surface area (Å²) in [5.74, 6) is 0. The standard InChI is InChI=1S/C10H12Cl3NO/c1-3-15-14-6(2)7-4-5-8(11)10(13)9(7)12/h4-6,14H,3H2,1-2H3. The molecule has 0 fully saturated rings. The van der Waals surface area contributed by atoms with Gasteiger partial charge in [0.25, 0.3) is 0 Å². The molecular formula is C10H12Cl3NO. The number of benzene rings is 1. The van der Waals surface area contributed by atoms with Crippen molar-refractivity contribution in [3.63, 3.8) is 0 Å². The van der Waals surface area contributed by atoms with Crippen molar-refractivity contribution in [3.8, 4) is 0 Å². The molecule has 0 aliphatic carbocycles. The summed E-state index contributed by atoms with van der Waals surface area (Å²) in [6.45, 7) is 4.42. The molecule has 1 atom stereocenters. The SMILES string of the molecule is CCONC(C)c1ccc(Cl)c(Cl)c1Cl. The Bertz CT molecular complexity index is 344. The normalized spacial score (nSPS) is 12.9. The second-order valence-electron chi connectivity index (χ2n) is 3.04. The van der Waals surface area contributed by atoms with Gasteiger partial charge in [0.2, 0.25) is 0 Å². The largest absolute Gasteiger partial charge is 0.302 e. The molecule has 1 aromatic carbocycles. The third kappa shape index (κ3) is 3.23. The van der Waals surface area contributed by atoms with Crippen molar-refractivity contribution in [2.75, 3.05) is 6.61 Å². The van der Waals surface area contributed by atoms with Crippen LogP contribution in [0.5, 0.6) is 0 Å². The van der Waals surface area contributed by atoms with Crippen molar-refractivity contribution in [2.24, 2.45) is 0 Å². The Morgan fingerprint density at radius 2 is 1.93 bits per heavy atom. The Labute approximate surface area is 104 Å². The van der Waals surface area contributed by atoms with Gasteiger partial charge in [-0.15, -0.1) is 0 Å². The van der Waals surface area contributed by atoms with Crippen molar-refractivity contribution < 1.29 is 4.84 Å². The van der Waals surface area contributed by atoms with Gasteiger partial charge in [0.1, 0.15) is 0 Å². The number of nitrogens with one attached hydrogen (secondary N) is 1. The summed E-state index contributed by atoms with van der Waals surface area (Å²) in [6.07, 6.45) is 0. The molecule has 84 valence electrons. The predicted molar refractivity (Wildman–Crippen MR) is 64.6 cm³/mol. The van der Waals surface area contributed by atoms with E-state index < -0.39 is 0 Å². The molecule has 0 saturated carbocycles. The monoisotopic (exact) mass is 267 g/mol. The molecule has 5 heteroatoms. The molecule has 0 aliphatic rings.